The molecule has 24 heavy (non-hydrogen) atoms. The van der Waals surface area contributed by atoms with Crippen molar-refractivity contribution in [2.45, 2.75) is 18.2 Å². The van der Waals surface area contributed by atoms with E-state index >= 15 is 0 Å². The molecule has 1 spiro atoms. The molecule has 132 valence electrons. The molecule has 0 unspecified atom stereocenters. The van der Waals surface area contributed by atoms with Gasteiger partial charge in [0.25, 0.3) is 0 Å². The van der Waals surface area contributed by atoms with E-state index in [1.54, 1.807) is 7.11 Å². The highest BCUT2D eigenvalue weighted by atomic mass is 16.5. The van der Waals surface area contributed by atoms with Gasteiger partial charge in [-0.3, -0.25) is 19.6 Å². The molecule has 2 aliphatic heterocycles. The van der Waals surface area contributed by atoms with Crippen molar-refractivity contribution in [1.82, 2.24) is 20.1 Å². The van der Waals surface area contributed by atoms with Crippen molar-refractivity contribution in [3.63, 3.8) is 0 Å². The van der Waals surface area contributed by atoms with E-state index in [0.717, 1.165) is 26.2 Å². The van der Waals surface area contributed by atoms with Crippen molar-refractivity contribution in [3.05, 3.63) is 30.1 Å². The van der Waals surface area contributed by atoms with Crippen molar-refractivity contribution in [2.24, 2.45) is 0 Å². The number of hydrogen-bond donors (Lipinski definition) is 1. The second-order valence-electron chi connectivity index (χ2n) is 6.71. The molecule has 1 aromatic heterocycles. The van der Waals surface area contributed by atoms with Crippen LogP contribution in [-0.4, -0.2) is 85.9 Å². The molecular formula is C17H26N4O3. The number of likely N-dealkylation sites (tertiary alicyclic amines) is 1. The number of morpholine rings is 1. The van der Waals surface area contributed by atoms with E-state index in [1.807, 2.05) is 31.6 Å². The third kappa shape index (κ3) is 3.92. The molecule has 1 amide bonds. The molecule has 0 aromatic carbocycles. The van der Waals surface area contributed by atoms with Gasteiger partial charge in [-0.05, 0) is 24.7 Å². The van der Waals surface area contributed by atoms with Gasteiger partial charge in [0, 0.05) is 52.2 Å². The summed E-state index contributed by atoms with van der Waals surface area (Å²) in [5, 5.41) is 2.89. The maximum absolute atomic E-state index is 12.2. The first-order valence-corrected chi connectivity index (χ1v) is 8.34. The Kier molecular flexibility index (Phi) is 5.45. The number of amides is 1. The summed E-state index contributed by atoms with van der Waals surface area (Å²) in [4.78, 5) is 20.7. The van der Waals surface area contributed by atoms with Crippen molar-refractivity contribution < 1.29 is 14.3 Å². The fraction of sp³-hybridized carbons (Fsp3) is 0.647. The summed E-state index contributed by atoms with van der Waals surface area (Å²) in [6.45, 7) is 5.00. The van der Waals surface area contributed by atoms with Crippen molar-refractivity contribution in [1.29, 1.82) is 0 Å². The first-order valence-electron chi connectivity index (χ1n) is 8.34. The number of ether oxygens (including phenoxy) is 2. The molecule has 1 N–H and O–H groups in total. The van der Waals surface area contributed by atoms with Gasteiger partial charge in [0.1, 0.15) is 11.6 Å². The maximum atomic E-state index is 12.2. The number of likely N-dealkylation sites (N-methyl/N-ethyl adjacent to an activating group) is 1. The summed E-state index contributed by atoms with van der Waals surface area (Å²) in [6.07, 6.45) is 3.64. The highest BCUT2D eigenvalue weighted by molar-refractivity contribution is 5.82. The van der Waals surface area contributed by atoms with Gasteiger partial charge in [-0.15, -0.1) is 0 Å². The van der Waals surface area contributed by atoms with Crippen LogP contribution in [0.3, 0.4) is 0 Å². The lowest BCUT2D eigenvalue weighted by Gasteiger charge is -2.55. The summed E-state index contributed by atoms with van der Waals surface area (Å²) < 4.78 is 11.0. The van der Waals surface area contributed by atoms with Crippen molar-refractivity contribution >= 4 is 5.91 Å². The lowest BCUT2D eigenvalue weighted by atomic mass is 9.90. The normalized spacial score (nSPS) is 23.8. The Morgan fingerprint density at radius 1 is 1.42 bits per heavy atom. The van der Waals surface area contributed by atoms with E-state index in [-0.39, 0.29) is 17.6 Å². The molecule has 0 aliphatic carbocycles. The minimum absolute atomic E-state index is 0.0114. The first kappa shape index (κ1) is 17.3. The molecule has 3 heterocycles. The van der Waals surface area contributed by atoms with Crippen LogP contribution in [0.1, 0.15) is 5.56 Å². The molecular weight excluding hydrogens is 308 g/mol. The Labute approximate surface area is 142 Å². The Morgan fingerprint density at radius 2 is 2.17 bits per heavy atom. The zero-order valence-corrected chi connectivity index (χ0v) is 14.4. The third-order valence-corrected chi connectivity index (χ3v) is 4.70. The second kappa shape index (κ2) is 7.57. The maximum Gasteiger partial charge on any atom is 0.239 e. The molecule has 0 bridgehead atoms. The van der Waals surface area contributed by atoms with Gasteiger partial charge in [0.15, 0.2) is 0 Å². The quantitative estimate of drug-likeness (QED) is 0.723. The summed E-state index contributed by atoms with van der Waals surface area (Å²) in [5.74, 6) is 0.0114. The smallest absolute Gasteiger partial charge is 0.239 e. The number of nitrogens with zero attached hydrogens (tertiary/aromatic N) is 3. The Hall–Kier alpha value is -1.54. The minimum atomic E-state index is -0.221. The molecule has 7 heteroatoms. The van der Waals surface area contributed by atoms with Gasteiger partial charge in [0.05, 0.1) is 13.2 Å². The van der Waals surface area contributed by atoms with Gasteiger partial charge >= 0.3 is 0 Å². The standard InChI is InChI=1S/C17H26N4O3/c1-20-11-17(24-10-15(20)16(22)19-7-8-23-2)12-21(13-17)9-14-3-5-18-6-4-14/h3-6,15H,7-13H2,1-2H3,(H,19,22)/t15-/m0/s1. The average Bonchev–Trinajstić information content (AvgIpc) is 2.54. The summed E-state index contributed by atoms with van der Waals surface area (Å²) >= 11 is 0. The van der Waals surface area contributed by atoms with Crippen LogP contribution in [0.15, 0.2) is 24.5 Å². The molecule has 7 nitrogen and oxygen atoms in total. The lowest BCUT2D eigenvalue weighted by Crippen LogP contribution is -2.72. The summed E-state index contributed by atoms with van der Waals surface area (Å²) in [7, 11) is 3.62. The van der Waals surface area contributed by atoms with Gasteiger partial charge in [-0.1, -0.05) is 0 Å². The molecule has 2 fully saturated rings. The van der Waals surface area contributed by atoms with E-state index in [2.05, 4.69) is 20.1 Å². The van der Waals surface area contributed by atoms with Crippen LogP contribution in [0, 0.1) is 0 Å². The fourth-order valence-electron chi connectivity index (χ4n) is 3.48. The third-order valence-electron chi connectivity index (χ3n) is 4.70. The number of methoxy groups -OCH3 is 1. The zero-order chi connectivity index (χ0) is 17.0. The van der Waals surface area contributed by atoms with E-state index in [0.29, 0.717) is 19.8 Å². The fourth-order valence-corrected chi connectivity index (χ4v) is 3.48. The predicted octanol–water partition coefficient (Wildman–Crippen LogP) is -0.271. The number of aromatic nitrogens is 1. The molecule has 2 saturated heterocycles. The molecule has 0 radical (unpaired) electrons. The van der Waals surface area contributed by atoms with E-state index in [4.69, 9.17) is 9.47 Å². The zero-order valence-electron chi connectivity index (χ0n) is 14.4. The number of carbonyl (C=O) groups excluding carboxylic acids is 1. The molecule has 2 aliphatic rings. The average molecular weight is 334 g/mol. The number of hydrogen-bond acceptors (Lipinski definition) is 6. The van der Waals surface area contributed by atoms with Crippen molar-refractivity contribution in [2.75, 3.05) is 53.6 Å². The van der Waals surface area contributed by atoms with E-state index < -0.39 is 0 Å². The van der Waals surface area contributed by atoms with Crippen LogP contribution >= 0.6 is 0 Å². The topological polar surface area (TPSA) is 66.9 Å². The molecule has 1 atom stereocenters. The van der Waals surface area contributed by atoms with Gasteiger partial charge in [-0.25, -0.2) is 0 Å². The summed E-state index contributed by atoms with van der Waals surface area (Å²) in [6, 6.07) is 3.86. The van der Waals surface area contributed by atoms with Crippen LogP contribution in [0.5, 0.6) is 0 Å². The predicted molar refractivity (Wildman–Crippen MR) is 89.5 cm³/mol. The minimum Gasteiger partial charge on any atom is -0.383 e. The Morgan fingerprint density at radius 3 is 2.83 bits per heavy atom. The number of pyridine rings is 1. The Balaban J connectivity index is 1.45. The second-order valence-corrected chi connectivity index (χ2v) is 6.71. The van der Waals surface area contributed by atoms with E-state index in [1.165, 1.54) is 5.56 Å². The number of carbonyl (C=O) groups is 1. The first-order chi connectivity index (χ1) is 11.6. The van der Waals surface area contributed by atoms with Crippen LogP contribution in [0.4, 0.5) is 0 Å². The number of rotatable bonds is 6. The highest BCUT2D eigenvalue weighted by Gasteiger charge is 2.49. The monoisotopic (exact) mass is 334 g/mol. The highest BCUT2D eigenvalue weighted by Crippen LogP contribution is 2.31. The van der Waals surface area contributed by atoms with Gasteiger partial charge in [-0.2, -0.15) is 0 Å². The van der Waals surface area contributed by atoms with Gasteiger partial charge < -0.3 is 14.8 Å². The number of nitrogens with one attached hydrogen (secondary N) is 1. The van der Waals surface area contributed by atoms with Crippen LogP contribution in [0.2, 0.25) is 0 Å². The van der Waals surface area contributed by atoms with Gasteiger partial charge in [0.2, 0.25) is 5.91 Å². The van der Waals surface area contributed by atoms with Crippen molar-refractivity contribution in [3.8, 4) is 0 Å². The SMILES string of the molecule is COCCNC(=O)[C@@H]1COC2(CN(Cc3ccncc3)C2)CN1C. The Bertz CT molecular complexity index is 548. The summed E-state index contributed by atoms with van der Waals surface area (Å²) in [5.41, 5.74) is 1.13. The molecule has 0 saturated carbocycles. The van der Waals surface area contributed by atoms with Crippen LogP contribution < -0.4 is 5.32 Å². The van der Waals surface area contributed by atoms with Crippen LogP contribution in [-0.2, 0) is 20.8 Å². The van der Waals surface area contributed by atoms with Crippen LogP contribution in [0.25, 0.3) is 0 Å². The molecule has 3 rings (SSSR count). The van der Waals surface area contributed by atoms with E-state index in [9.17, 15) is 4.79 Å². The lowest BCUT2D eigenvalue weighted by molar-refractivity contribution is -0.198. The molecule has 1 aromatic rings. The largest absolute Gasteiger partial charge is 0.383 e.